The number of aliphatic imine (C=N–C) groups is 1. The van der Waals surface area contributed by atoms with E-state index in [2.05, 4.69) is 22.2 Å². The van der Waals surface area contributed by atoms with Gasteiger partial charge >= 0.3 is 0 Å². The van der Waals surface area contributed by atoms with E-state index < -0.39 is 0 Å². The van der Waals surface area contributed by atoms with E-state index in [1.807, 2.05) is 18.0 Å². The second kappa shape index (κ2) is 11.9. The molecule has 1 aromatic carbocycles. The zero-order valence-corrected chi connectivity index (χ0v) is 15.8. The molecule has 0 saturated carbocycles. The van der Waals surface area contributed by atoms with Crippen LogP contribution in [0.4, 0.5) is 10.1 Å². The maximum Gasteiger partial charge on any atom is 0.243 e. The number of hydrogen-bond acceptors (Lipinski definition) is 2. The molecule has 0 spiro atoms. The van der Waals surface area contributed by atoms with Gasteiger partial charge in [-0.15, -0.1) is 30.6 Å². The highest BCUT2D eigenvalue weighted by Gasteiger charge is 2.08. The molecule has 0 bridgehead atoms. The maximum absolute atomic E-state index is 12.8. The molecule has 1 amide bonds. The SMILES string of the molecule is C=CCCCN(C)C(=NC)NCC(=O)Nc1ccc(F)cc1.I. The lowest BCUT2D eigenvalue weighted by Gasteiger charge is -2.21. The number of carbonyl (C=O) groups excluding carboxylic acids is 1. The van der Waals surface area contributed by atoms with Gasteiger partial charge in [0.1, 0.15) is 5.82 Å². The molecule has 0 aliphatic heterocycles. The van der Waals surface area contributed by atoms with Crippen molar-refractivity contribution < 1.29 is 9.18 Å². The summed E-state index contributed by atoms with van der Waals surface area (Å²) in [4.78, 5) is 17.9. The van der Waals surface area contributed by atoms with E-state index in [1.54, 1.807) is 7.05 Å². The molecule has 0 fully saturated rings. The Morgan fingerprint density at radius 2 is 2.04 bits per heavy atom. The Morgan fingerprint density at radius 1 is 1.39 bits per heavy atom. The van der Waals surface area contributed by atoms with Crippen LogP contribution < -0.4 is 10.6 Å². The van der Waals surface area contributed by atoms with Crippen molar-refractivity contribution in [2.24, 2.45) is 4.99 Å². The fraction of sp³-hybridized carbons (Fsp3) is 0.375. The highest BCUT2D eigenvalue weighted by Crippen LogP contribution is 2.07. The fourth-order valence-corrected chi connectivity index (χ4v) is 1.86. The summed E-state index contributed by atoms with van der Waals surface area (Å²) in [7, 11) is 3.58. The smallest absolute Gasteiger partial charge is 0.243 e. The van der Waals surface area contributed by atoms with Gasteiger partial charge in [0.05, 0.1) is 6.54 Å². The Balaban J connectivity index is 0.00000484. The summed E-state index contributed by atoms with van der Waals surface area (Å²) in [6, 6.07) is 5.64. The number of benzene rings is 1. The first kappa shape index (κ1) is 21.4. The third-order valence-corrected chi connectivity index (χ3v) is 3.01. The average molecular weight is 434 g/mol. The van der Waals surface area contributed by atoms with Gasteiger partial charge in [0.25, 0.3) is 0 Å². The van der Waals surface area contributed by atoms with Gasteiger partial charge in [0, 0.05) is 26.3 Å². The predicted octanol–water partition coefficient (Wildman–Crippen LogP) is 2.86. The molecule has 0 atom stereocenters. The molecule has 23 heavy (non-hydrogen) atoms. The van der Waals surface area contributed by atoms with Crippen LogP contribution in [0.25, 0.3) is 0 Å². The molecule has 1 rings (SSSR count). The number of amides is 1. The second-order valence-electron chi connectivity index (χ2n) is 4.81. The monoisotopic (exact) mass is 434 g/mol. The van der Waals surface area contributed by atoms with Gasteiger partial charge < -0.3 is 15.5 Å². The van der Waals surface area contributed by atoms with Crippen LogP contribution in [0.5, 0.6) is 0 Å². The Morgan fingerprint density at radius 3 is 2.61 bits per heavy atom. The van der Waals surface area contributed by atoms with Crippen molar-refractivity contribution in [3.8, 4) is 0 Å². The molecule has 0 heterocycles. The van der Waals surface area contributed by atoms with Crippen LogP contribution in [-0.2, 0) is 4.79 Å². The van der Waals surface area contributed by atoms with Gasteiger partial charge in [-0.3, -0.25) is 9.79 Å². The number of anilines is 1. The number of nitrogens with one attached hydrogen (secondary N) is 2. The molecule has 0 aliphatic rings. The molecule has 0 aromatic heterocycles. The van der Waals surface area contributed by atoms with E-state index in [0.717, 1.165) is 19.4 Å². The summed E-state index contributed by atoms with van der Waals surface area (Å²) in [5.74, 6) is 0.100. The van der Waals surface area contributed by atoms with Gasteiger partial charge in [0.2, 0.25) is 5.91 Å². The molecule has 5 nitrogen and oxygen atoms in total. The topological polar surface area (TPSA) is 56.7 Å². The Bertz CT molecular complexity index is 519. The van der Waals surface area contributed by atoms with E-state index in [0.29, 0.717) is 11.6 Å². The predicted molar refractivity (Wildman–Crippen MR) is 104 cm³/mol. The first-order chi connectivity index (χ1) is 10.6. The number of rotatable bonds is 7. The minimum atomic E-state index is -0.335. The van der Waals surface area contributed by atoms with Crippen molar-refractivity contribution in [2.75, 3.05) is 32.5 Å². The number of hydrogen-bond donors (Lipinski definition) is 2. The van der Waals surface area contributed by atoms with Gasteiger partial charge in [0.15, 0.2) is 5.96 Å². The van der Waals surface area contributed by atoms with Crippen molar-refractivity contribution in [1.29, 1.82) is 0 Å². The third kappa shape index (κ3) is 8.53. The number of allylic oxidation sites excluding steroid dienone is 1. The van der Waals surface area contributed by atoms with E-state index >= 15 is 0 Å². The molecular formula is C16H24FIN4O. The zero-order chi connectivity index (χ0) is 16.4. The minimum Gasteiger partial charge on any atom is -0.347 e. The quantitative estimate of drug-likeness (QED) is 0.228. The summed E-state index contributed by atoms with van der Waals surface area (Å²) in [6.45, 7) is 4.60. The lowest BCUT2D eigenvalue weighted by Crippen LogP contribution is -2.42. The Labute approximate surface area is 154 Å². The van der Waals surface area contributed by atoms with Crippen LogP contribution in [0, 0.1) is 5.82 Å². The van der Waals surface area contributed by atoms with Crippen LogP contribution in [-0.4, -0.2) is 44.0 Å². The van der Waals surface area contributed by atoms with Crippen LogP contribution in [0.15, 0.2) is 41.9 Å². The molecule has 0 unspecified atom stereocenters. The van der Waals surface area contributed by atoms with Crippen molar-refractivity contribution in [3.63, 3.8) is 0 Å². The lowest BCUT2D eigenvalue weighted by atomic mass is 10.3. The molecule has 2 N–H and O–H groups in total. The maximum atomic E-state index is 12.8. The Kier molecular flexibility index (Phi) is 11.0. The first-order valence-electron chi connectivity index (χ1n) is 7.15. The van der Waals surface area contributed by atoms with Gasteiger partial charge in [-0.1, -0.05) is 6.08 Å². The summed E-state index contributed by atoms with van der Waals surface area (Å²) < 4.78 is 12.8. The number of unbranched alkanes of at least 4 members (excludes halogenated alkanes) is 1. The largest absolute Gasteiger partial charge is 0.347 e. The highest BCUT2D eigenvalue weighted by molar-refractivity contribution is 14.0. The summed E-state index contributed by atoms with van der Waals surface area (Å²) in [5, 5.41) is 5.68. The summed E-state index contributed by atoms with van der Waals surface area (Å²) >= 11 is 0. The number of halogens is 2. The number of nitrogens with zero attached hydrogens (tertiary/aromatic N) is 2. The van der Waals surface area contributed by atoms with Gasteiger partial charge in [-0.25, -0.2) is 4.39 Å². The van der Waals surface area contributed by atoms with Crippen molar-refractivity contribution >= 4 is 41.5 Å². The van der Waals surface area contributed by atoms with Crippen LogP contribution in [0.2, 0.25) is 0 Å². The van der Waals surface area contributed by atoms with E-state index in [1.165, 1.54) is 24.3 Å². The lowest BCUT2D eigenvalue weighted by molar-refractivity contribution is -0.115. The molecule has 128 valence electrons. The first-order valence-corrected chi connectivity index (χ1v) is 7.15. The van der Waals surface area contributed by atoms with Gasteiger partial charge in [-0.2, -0.15) is 0 Å². The van der Waals surface area contributed by atoms with Gasteiger partial charge in [-0.05, 0) is 37.1 Å². The molecule has 0 aliphatic carbocycles. The van der Waals surface area contributed by atoms with E-state index in [4.69, 9.17) is 0 Å². The van der Waals surface area contributed by atoms with Crippen molar-refractivity contribution in [3.05, 3.63) is 42.7 Å². The number of guanidine groups is 1. The van der Waals surface area contributed by atoms with E-state index in [-0.39, 0.29) is 42.2 Å². The zero-order valence-electron chi connectivity index (χ0n) is 13.5. The van der Waals surface area contributed by atoms with Crippen LogP contribution in [0.3, 0.4) is 0 Å². The highest BCUT2D eigenvalue weighted by atomic mass is 127. The normalized spacial score (nSPS) is 10.5. The molecule has 0 radical (unpaired) electrons. The van der Waals surface area contributed by atoms with Crippen molar-refractivity contribution in [1.82, 2.24) is 10.2 Å². The fourth-order valence-electron chi connectivity index (χ4n) is 1.86. The summed E-state index contributed by atoms with van der Waals surface area (Å²) in [6.07, 6.45) is 3.79. The van der Waals surface area contributed by atoms with Crippen LogP contribution >= 0.6 is 24.0 Å². The minimum absolute atomic E-state index is 0. The Hall–Kier alpha value is -1.64. The number of carbonyl (C=O) groups is 1. The summed E-state index contributed by atoms with van der Waals surface area (Å²) in [5.41, 5.74) is 0.558. The standard InChI is InChI=1S/C16H23FN4O.HI/c1-4-5-6-11-21(3)16(18-2)19-12-15(22)20-14-9-7-13(17)8-10-14;/h4,7-10H,1,5-6,11-12H2,2-3H3,(H,18,19)(H,20,22);1H. The molecular weight excluding hydrogens is 410 g/mol. The second-order valence-corrected chi connectivity index (χ2v) is 4.81. The van der Waals surface area contributed by atoms with Crippen molar-refractivity contribution in [2.45, 2.75) is 12.8 Å². The van der Waals surface area contributed by atoms with Crippen LogP contribution in [0.1, 0.15) is 12.8 Å². The molecule has 7 heteroatoms. The molecule has 1 aromatic rings. The van der Waals surface area contributed by atoms with E-state index in [9.17, 15) is 9.18 Å². The molecule has 0 saturated heterocycles. The average Bonchev–Trinajstić information content (AvgIpc) is 2.50. The third-order valence-electron chi connectivity index (χ3n) is 3.01.